The van der Waals surface area contributed by atoms with Crippen molar-refractivity contribution in [3.8, 4) is 6.07 Å². The SMILES string of the molecule is N#Cc1nccnc1Nc1cc(Cl)ccc1Br. The van der Waals surface area contributed by atoms with E-state index < -0.39 is 0 Å². The van der Waals surface area contributed by atoms with Gasteiger partial charge in [0.05, 0.1) is 5.69 Å². The molecule has 0 atom stereocenters. The van der Waals surface area contributed by atoms with Gasteiger partial charge in [0.15, 0.2) is 11.5 Å². The van der Waals surface area contributed by atoms with Gasteiger partial charge in [0.2, 0.25) is 0 Å². The van der Waals surface area contributed by atoms with Crippen LogP contribution in [0, 0.1) is 11.3 Å². The number of anilines is 2. The van der Waals surface area contributed by atoms with E-state index in [2.05, 4.69) is 31.2 Å². The molecule has 0 aliphatic heterocycles. The van der Waals surface area contributed by atoms with Crippen molar-refractivity contribution in [2.24, 2.45) is 0 Å². The third-order valence-corrected chi connectivity index (χ3v) is 2.91. The van der Waals surface area contributed by atoms with Crippen molar-refractivity contribution in [3.63, 3.8) is 0 Å². The van der Waals surface area contributed by atoms with E-state index in [1.807, 2.05) is 12.1 Å². The molecule has 0 spiro atoms. The molecule has 0 unspecified atom stereocenters. The van der Waals surface area contributed by atoms with Crippen LogP contribution in [-0.2, 0) is 0 Å². The number of aromatic nitrogens is 2. The van der Waals surface area contributed by atoms with E-state index in [0.29, 0.717) is 10.8 Å². The lowest BCUT2D eigenvalue weighted by Crippen LogP contribution is -1.99. The Hall–Kier alpha value is -1.64. The molecule has 0 saturated carbocycles. The van der Waals surface area contributed by atoms with Crippen molar-refractivity contribution in [1.82, 2.24) is 9.97 Å². The summed E-state index contributed by atoms with van der Waals surface area (Å²) in [5.74, 6) is 0.401. The van der Waals surface area contributed by atoms with Gasteiger partial charge < -0.3 is 5.32 Å². The predicted octanol–water partition coefficient (Wildman–Crippen LogP) is 3.51. The summed E-state index contributed by atoms with van der Waals surface area (Å²) < 4.78 is 0.830. The Balaban J connectivity index is 2.38. The first-order valence-corrected chi connectivity index (χ1v) is 5.81. The largest absolute Gasteiger partial charge is 0.337 e. The lowest BCUT2D eigenvalue weighted by molar-refractivity contribution is 1.16. The first-order chi connectivity index (χ1) is 8.20. The Kier molecular flexibility index (Phi) is 3.57. The minimum Gasteiger partial charge on any atom is -0.337 e. The quantitative estimate of drug-likeness (QED) is 0.922. The van der Waals surface area contributed by atoms with Crippen LogP contribution in [-0.4, -0.2) is 9.97 Å². The van der Waals surface area contributed by atoms with E-state index in [1.165, 1.54) is 12.4 Å². The van der Waals surface area contributed by atoms with Crippen molar-refractivity contribution < 1.29 is 0 Å². The normalized spacial score (nSPS) is 9.71. The Morgan fingerprint density at radius 2 is 2.06 bits per heavy atom. The van der Waals surface area contributed by atoms with Crippen molar-refractivity contribution >= 4 is 39.0 Å². The van der Waals surface area contributed by atoms with E-state index in [1.54, 1.807) is 12.1 Å². The molecule has 0 aliphatic carbocycles. The van der Waals surface area contributed by atoms with Crippen LogP contribution in [0.4, 0.5) is 11.5 Å². The number of rotatable bonds is 2. The Labute approximate surface area is 111 Å². The molecular weight excluding hydrogens is 304 g/mol. The number of nitrogens with one attached hydrogen (secondary N) is 1. The van der Waals surface area contributed by atoms with Crippen molar-refractivity contribution in [2.75, 3.05) is 5.32 Å². The molecule has 1 N–H and O–H groups in total. The second-order valence-electron chi connectivity index (χ2n) is 3.11. The van der Waals surface area contributed by atoms with E-state index in [0.717, 1.165) is 10.2 Å². The second-order valence-corrected chi connectivity index (χ2v) is 4.41. The zero-order valence-electron chi connectivity index (χ0n) is 8.48. The fourth-order valence-electron chi connectivity index (χ4n) is 1.23. The van der Waals surface area contributed by atoms with Crippen molar-refractivity contribution in [3.05, 3.63) is 45.8 Å². The molecule has 2 rings (SSSR count). The van der Waals surface area contributed by atoms with Gasteiger partial charge in [-0.1, -0.05) is 11.6 Å². The first kappa shape index (κ1) is 11.8. The molecule has 0 aliphatic rings. The Bertz CT molecular complexity index is 594. The Morgan fingerprint density at radius 1 is 1.29 bits per heavy atom. The summed E-state index contributed by atoms with van der Waals surface area (Å²) in [4.78, 5) is 7.97. The van der Waals surface area contributed by atoms with Crippen molar-refractivity contribution in [2.45, 2.75) is 0 Å². The number of hydrogen-bond donors (Lipinski definition) is 1. The van der Waals surface area contributed by atoms with Crippen LogP contribution in [0.5, 0.6) is 0 Å². The van der Waals surface area contributed by atoms with E-state index in [9.17, 15) is 0 Å². The standard InChI is InChI=1S/C11H6BrClN4/c12-8-2-1-7(13)5-9(8)17-11-10(6-14)15-3-4-16-11/h1-5H,(H,16,17). The number of hydrogen-bond acceptors (Lipinski definition) is 4. The summed E-state index contributed by atoms with van der Waals surface area (Å²) in [5, 5.41) is 12.5. The maximum atomic E-state index is 8.89. The van der Waals surface area contributed by atoms with E-state index >= 15 is 0 Å². The smallest absolute Gasteiger partial charge is 0.183 e. The van der Waals surface area contributed by atoms with Gasteiger partial charge in [0.1, 0.15) is 6.07 Å². The second kappa shape index (κ2) is 5.13. The molecule has 0 bridgehead atoms. The molecule has 2 aromatic rings. The number of nitriles is 1. The number of nitrogens with zero attached hydrogens (tertiary/aromatic N) is 3. The number of benzene rings is 1. The molecular formula is C11H6BrClN4. The van der Waals surface area contributed by atoms with Crippen LogP contribution in [0.15, 0.2) is 35.1 Å². The molecule has 0 saturated heterocycles. The molecule has 84 valence electrons. The number of halogens is 2. The van der Waals surface area contributed by atoms with Crippen molar-refractivity contribution in [1.29, 1.82) is 5.26 Å². The maximum absolute atomic E-state index is 8.89. The maximum Gasteiger partial charge on any atom is 0.183 e. The fourth-order valence-corrected chi connectivity index (χ4v) is 1.75. The fraction of sp³-hybridized carbons (Fsp3) is 0. The molecule has 17 heavy (non-hydrogen) atoms. The molecule has 6 heteroatoms. The van der Waals surface area contributed by atoms with Crippen LogP contribution >= 0.6 is 27.5 Å². The highest BCUT2D eigenvalue weighted by Crippen LogP contribution is 2.28. The summed E-state index contributed by atoms with van der Waals surface area (Å²) in [6.45, 7) is 0. The van der Waals surface area contributed by atoms with E-state index in [-0.39, 0.29) is 5.69 Å². The minimum absolute atomic E-state index is 0.236. The van der Waals surface area contributed by atoms with Crippen LogP contribution in [0.2, 0.25) is 5.02 Å². The molecule has 0 amide bonds. The summed E-state index contributed by atoms with van der Waals surface area (Å²) in [5.41, 5.74) is 0.967. The third kappa shape index (κ3) is 2.73. The highest BCUT2D eigenvalue weighted by atomic mass is 79.9. The molecule has 1 heterocycles. The van der Waals surface area contributed by atoms with Gasteiger partial charge in [-0.25, -0.2) is 9.97 Å². The van der Waals surface area contributed by atoms with Crippen LogP contribution in [0.3, 0.4) is 0 Å². The Morgan fingerprint density at radius 3 is 2.82 bits per heavy atom. The van der Waals surface area contributed by atoms with E-state index in [4.69, 9.17) is 16.9 Å². The lowest BCUT2D eigenvalue weighted by atomic mass is 10.3. The highest BCUT2D eigenvalue weighted by Gasteiger charge is 2.07. The zero-order chi connectivity index (χ0) is 12.3. The predicted molar refractivity (Wildman–Crippen MR) is 69.2 cm³/mol. The summed E-state index contributed by atoms with van der Waals surface area (Å²) in [6, 6.07) is 7.28. The van der Waals surface area contributed by atoms with Crippen LogP contribution in [0.1, 0.15) is 5.69 Å². The van der Waals surface area contributed by atoms with Gasteiger partial charge in [-0.05, 0) is 34.1 Å². The van der Waals surface area contributed by atoms with Gasteiger partial charge in [0.25, 0.3) is 0 Å². The van der Waals surface area contributed by atoms with Gasteiger partial charge in [-0.2, -0.15) is 5.26 Å². The molecule has 0 radical (unpaired) electrons. The van der Waals surface area contributed by atoms with Gasteiger partial charge in [-0.3, -0.25) is 0 Å². The summed E-state index contributed by atoms with van der Waals surface area (Å²) >= 11 is 9.28. The minimum atomic E-state index is 0.236. The lowest BCUT2D eigenvalue weighted by Gasteiger charge is -2.08. The molecule has 1 aromatic heterocycles. The highest BCUT2D eigenvalue weighted by molar-refractivity contribution is 9.10. The summed E-state index contributed by atoms with van der Waals surface area (Å²) in [6.07, 6.45) is 2.98. The molecule has 1 aromatic carbocycles. The molecule has 0 fully saturated rings. The zero-order valence-corrected chi connectivity index (χ0v) is 10.8. The van der Waals surface area contributed by atoms with Gasteiger partial charge in [0, 0.05) is 21.9 Å². The topological polar surface area (TPSA) is 61.6 Å². The summed E-state index contributed by atoms with van der Waals surface area (Å²) in [7, 11) is 0. The third-order valence-electron chi connectivity index (χ3n) is 1.99. The van der Waals surface area contributed by atoms with Gasteiger partial charge in [-0.15, -0.1) is 0 Å². The molecule has 4 nitrogen and oxygen atoms in total. The van der Waals surface area contributed by atoms with Crippen LogP contribution in [0.25, 0.3) is 0 Å². The average molecular weight is 310 g/mol. The first-order valence-electron chi connectivity index (χ1n) is 4.64. The monoisotopic (exact) mass is 308 g/mol. The average Bonchev–Trinajstić information content (AvgIpc) is 2.34. The van der Waals surface area contributed by atoms with Gasteiger partial charge >= 0.3 is 0 Å². The van der Waals surface area contributed by atoms with Crippen LogP contribution < -0.4 is 5.32 Å².